The lowest BCUT2D eigenvalue weighted by Crippen LogP contribution is -2.02. The number of hydrogen-bond donors (Lipinski definition) is 1. The second-order valence-electron chi connectivity index (χ2n) is 3.86. The van der Waals surface area contributed by atoms with E-state index in [1.165, 1.54) is 6.26 Å². The van der Waals surface area contributed by atoms with Gasteiger partial charge in [0.05, 0.1) is 6.26 Å². The van der Waals surface area contributed by atoms with Gasteiger partial charge in [0.15, 0.2) is 11.5 Å². The van der Waals surface area contributed by atoms with Crippen LogP contribution in [0, 0.1) is 0 Å². The maximum Gasteiger partial charge on any atom is 0.355 e. The van der Waals surface area contributed by atoms with Gasteiger partial charge in [-0.1, -0.05) is 24.3 Å². The van der Waals surface area contributed by atoms with E-state index in [1.807, 2.05) is 18.2 Å². The van der Waals surface area contributed by atoms with Gasteiger partial charge in [-0.25, -0.2) is 9.78 Å². The van der Waals surface area contributed by atoms with E-state index in [0.29, 0.717) is 16.8 Å². The topological polar surface area (TPSA) is 63.3 Å². The van der Waals surface area contributed by atoms with E-state index in [-0.39, 0.29) is 5.69 Å². The van der Waals surface area contributed by atoms with Crippen molar-refractivity contribution in [3.8, 4) is 11.5 Å². The molecule has 2 aromatic heterocycles. The molecular weight excluding hydrogens is 230 g/mol. The molecule has 0 aliphatic rings. The maximum atomic E-state index is 11.2. The zero-order chi connectivity index (χ0) is 12.5. The van der Waals surface area contributed by atoms with Crippen LogP contribution in [0.1, 0.15) is 10.5 Å². The number of rotatable bonds is 2. The molecule has 0 unspecified atom stereocenters. The summed E-state index contributed by atoms with van der Waals surface area (Å²) in [5.41, 5.74) is 0.565. The molecule has 0 amide bonds. The van der Waals surface area contributed by atoms with Gasteiger partial charge in [-0.2, -0.15) is 0 Å². The third kappa shape index (κ3) is 1.64. The molecule has 4 heteroatoms. The molecule has 0 saturated heterocycles. The van der Waals surface area contributed by atoms with Gasteiger partial charge >= 0.3 is 5.97 Å². The highest BCUT2D eigenvalue weighted by molar-refractivity contribution is 6.02. The minimum absolute atomic E-state index is 0.0412. The van der Waals surface area contributed by atoms with E-state index < -0.39 is 5.97 Å². The number of aromatic carboxylic acids is 1. The van der Waals surface area contributed by atoms with Gasteiger partial charge in [0, 0.05) is 5.39 Å². The van der Waals surface area contributed by atoms with E-state index in [0.717, 1.165) is 5.39 Å². The molecule has 1 N–H and O–H groups in total. The van der Waals surface area contributed by atoms with Crippen LogP contribution in [0.5, 0.6) is 0 Å². The molecule has 88 valence electrons. The first-order valence-corrected chi connectivity index (χ1v) is 5.42. The van der Waals surface area contributed by atoms with Crippen molar-refractivity contribution in [1.29, 1.82) is 0 Å². The Labute approximate surface area is 103 Å². The summed E-state index contributed by atoms with van der Waals surface area (Å²) in [6, 6.07) is 12.6. The van der Waals surface area contributed by atoms with Crippen molar-refractivity contribution in [3.05, 3.63) is 54.4 Å². The minimum atomic E-state index is -1.04. The van der Waals surface area contributed by atoms with Crippen molar-refractivity contribution in [2.24, 2.45) is 0 Å². The molecule has 3 aromatic rings. The number of benzene rings is 1. The number of furan rings is 1. The smallest absolute Gasteiger partial charge is 0.355 e. The van der Waals surface area contributed by atoms with Crippen molar-refractivity contribution in [1.82, 2.24) is 4.98 Å². The Morgan fingerprint density at radius 1 is 1.17 bits per heavy atom. The van der Waals surface area contributed by atoms with Crippen LogP contribution < -0.4 is 0 Å². The predicted molar refractivity (Wildman–Crippen MR) is 66.4 cm³/mol. The van der Waals surface area contributed by atoms with Gasteiger partial charge in [0.1, 0.15) is 5.69 Å². The summed E-state index contributed by atoms with van der Waals surface area (Å²) >= 11 is 0. The van der Waals surface area contributed by atoms with Crippen molar-refractivity contribution in [2.75, 3.05) is 0 Å². The number of fused-ring (bicyclic) bond motifs is 1. The van der Waals surface area contributed by atoms with Crippen molar-refractivity contribution < 1.29 is 14.3 Å². The van der Waals surface area contributed by atoms with Gasteiger partial charge in [-0.05, 0) is 23.6 Å². The fraction of sp³-hybridized carbons (Fsp3) is 0. The van der Waals surface area contributed by atoms with Gasteiger partial charge in [0.2, 0.25) is 0 Å². The number of carboxylic acid groups (broad SMARTS) is 1. The van der Waals surface area contributed by atoms with E-state index in [2.05, 4.69) is 4.98 Å². The van der Waals surface area contributed by atoms with E-state index in [9.17, 15) is 9.90 Å². The molecule has 0 radical (unpaired) electrons. The van der Waals surface area contributed by atoms with Crippen LogP contribution in [0.25, 0.3) is 22.2 Å². The van der Waals surface area contributed by atoms with Crippen LogP contribution in [0.2, 0.25) is 0 Å². The van der Waals surface area contributed by atoms with Gasteiger partial charge in [0.25, 0.3) is 0 Å². The molecule has 0 aliphatic heterocycles. The number of aromatic nitrogens is 1. The molecule has 0 spiro atoms. The normalized spacial score (nSPS) is 10.7. The second kappa shape index (κ2) is 4.00. The molecule has 0 atom stereocenters. The van der Waals surface area contributed by atoms with Crippen LogP contribution >= 0.6 is 0 Å². The number of carboxylic acids is 1. The molecule has 18 heavy (non-hydrogen) atoms. The first-order valence-electron chi connectivity index (χ1n) is 5.42. The summed E-state index contributed by atoms with van der Waals surface area (Å²) in [6.45, 7) is 0. The van der Waals surface area contributed by atoms with Gasteiger partial charge in [-0.3, -0.25) is 0 Å². The molecule has 0 saturated carbocycles. The Hall–Kier alpha value is -2.62. The molecule has 4 nitrogen and oxygen atoms in total. The Morgan fingerprint density at radius 2 is 2.00 bits per heavy atom. The third-order valence-corrected chi connectivity index (χ3v) is 2.72. The fourth-order valence-corrected chi connectivity index (χ4v) is 1.91. The molecule has 0 fully saturated rings. The number of pyridine rings is 1. The van der Waals surface area contributed by atoms with Crippen molar-refractivity contribution in [3.63, 3.8) is 0 Å². The summed E-state index contributed by atoms with van der Waals surface area (Å²) in [6.07, 6.45) is 1.53. The average Bonchev–Trinajstić information content (AvgIpc) is 2.91. The summed E-state index contributed by atoms with van der Waals surface area (Å²) in [4.78, 5) is 15.4. The standard InChI is InChI=1S/C14H9NO3/c16-14(17)13-10-5-2-1-4-9(10)8-11(15-13)12-6-3-7-18-12/h1-8H,(H,16,17). The highest BCUT2D eigenvalue weighted by Crippen LogP contribution is 2.25. The van der Waals surface area contributed by atoms with Crippen LogP contribution in [-0.2, 0) is 0 Å². The minimum Gasteiger partial charge on any atom is -0.476 e. The average molecular weight is 239 g/mol. The Balaban J connectivity index is 2.33. The summed E-state index contributed by atoms with van der Waals surface area (Å²) in [5.74, 6) is -0.483. The second-order valence-corrected chi connectivity index (χ2v) is 3.86. The Bertz CT molecular complexity index is 717. The summed E-state index contributed by atoms with van der Waals surface area (Å²) in [5, 5.41) is 10.7. The fourth-order valence-electron chi connectivity index (χ4n) is 1.91. The third-order valence-electron chi connectivity index (χ3n) is 2.72. The summed E-state index contributed by atoms with van der Waals surface area (Å²) < 4.78 is 5.25. The molecule has 0 aliphatic carbocycles. The van der Waals surface area contributed by atoms with Crippen molar-refractivity contribution >= 4 is 16.7 Å². The van der Waals surface area contributed by atoms with Crippen LogP contribution in [0.15, 0.2) is 53.1 Å². The van der Waals surface area contributed by atoms with Crippen LogP contribution in [0.3, 0.4) is 0 Å². The molecule has 3 rings (SSSR count). The largest absolute Gasteiger partial charge is 0.476 e. The Kier molecular flexibility index (Phi) is 2.34. The highest BCUT2D eigenvalue weighted by atomic mass is 16.4. The molecule has 2 heterocycles. The number of carbonyl (C=O) groups is 1. The quantitative estimate of drug-likeness (QED) is 0.745. The number of hydrogen-bond acceptors (Lipinski definition) is 3. The first-order chi connectivity index (χ1) is 8.75. The molecule has 1 aromatic carbocycles. The Morgan fingerprint density at radius 3 is 2.72 bits per heavy atom. The van der Waals surface area contributed by atoms with E-state index in [1.54, 1.807) is 24.3 Å². The van der Waals surface area contributed by atoms with Crippen LogP contribution in [-0.4, -0.2) is 16.1 Å². The molecule has 0 bridgehead atoms. The summed E-state index contributed by atoms with van der Waals surface area (Å²) in [7, 11) is 0. The molecular formula is C14H9NO3. The first kappa shape index (κ1) is 10.5. The highest BCUT2D eigenvalue weighted by Gasteiger charge is 2.13. The zero-order valence-electron chi connectivity index (χ0n) is 9.33. The monoisotopic (exact) mass is 239 g/mol. The van der Waals surface area contributed by atoms with E-state index in [4.69, 9.17) is 4.42 Å². The maximum absolute atomic E-state index is 11.2. The van der Waals surface area contributed by atoms with Gasteiger partial charge in [-0.15, -0.1) is 0 Å². The van der Waals surface area contributed by atoms with E-state index >= 15 is 0 Å². The predicted octanol–water partition coefficient (Wildman–Crippen LogP) is 3.19. The SMILES string of the molecule is O=C(O)c1nc(-c2ccco2)cc2ccccc12. The lowest BCUT2D eigenvalue weighted by atomic mass is 10.1. The lowest BCUT2D eigenvalue weighted by molar-refractivity contribution is 0.0693. The van der Waals surface area contributed by atoms with Gasteiger partial charge < -0.3 is 9.52 Å². The van der Waals surface area contributed by atoms with Crippen molar-refractivity contribution in [2.45, 2.75) is 0 Å². The number of nitrogens with zero attached hydrogens (tertiary/aromatic N) is 1. The zero-order valence-corrected chi connectivity index (χ0v) is 9.33. The lowest BCUT2D eigenvalue weighted by Gasteiger charge is -2.04. The van der Waals surface area contributed by atoms with Crippen LogP contribution in [0.4, 0.5) is 0 Å².